The van der Waals surface area contributed by atoms with Crippen molar-refractivity contribution in [3.8, 4) is 0 Å². The fourth-order valence-electron chi connectivity index (χ4n) is 1.79. The van der Waals surface area contributed by atoms with Gasteiger partial charge in [0.2, 0.25) is 0 Å². The highest BCUT2D eigenvalue weighted by atomic mass is 16.1. The third-order valence-electron chi connectivity index (χ3n) is 2.81. The molecule has 0 aliphatic heterocycles. The Kier molecular flexibility index (Phi) is 3.55. The van der Waals surface area contributed by atoms with Crippen LogP contribution in [0.2, 0.25) is 0 Å². The zero-order chi connectivity index (χ0) is 13.1. The van der Waals surface area contributed by atoms with Crippen LogP contribution in [0.5, 0.6) is 0 Å². The van der Waals surface area contributed by atoms with Gasteiger partial charge in [-0.25, -0.2) is 0 Å². The zero-order valence-electron chi connectivity index (χ0n) is 10.9. The van der Waals surface area contributed by atoms with Gasteiger partial charge in [0, 0.05) is 18.4 Å². The molecule has 0 amide bonds. The molecule has 18 heavy (non-hydrogen) atoms. The molecule has 4 nitrogen and oxygen atoms in total. The highest BCUT2D eigenvalue weighted by molar-refractivity contribution is 5.96. The second kappa shape index (κ2) is 5.12. The molecule has 0 unspecified atom stereocenters. The van der Waals surface area contributed by atoms with E-state index in [1.54, 1.807) is 6.20 Å². The Labute approximate surface area is 107 Å². The lowest BCUT2D eigenvalue weighted by atomic mass is 10.1. The quantitative estimate of drug-likeness (QED) is 0.775. The average Bonchev–Trinajstić information content (AvgIpc) is 2.78. The topological polar surface area (TPSA) is 47.8 Å². The van der Waals surface area contributed by atoms with E-state index in [0.29, 0.717) is 18.2 Å². The van der Waals surface area contributed by atoms with E-state index in [1.807, 2.05) is 36.0 Å². The van der Waals surface area contributed by atoms with Gasteiger partial charge in [0.1, 0.15) is 5.69 Å². The van der Waals surface area contributed by atoms with Gasteiger partial charge >= 0.3 is 0 Å². The molecule has 0 aliphatic rings. The minimum Gasteiger partial charge on any atom is -0.292 e. The van der Waals surface area contributed by atoms with Crippen LogP contribution in [0.1, 0.15) is 41.6 Å². The Hall–Kier alpha value is -1.97. The Morgan fingerprint density at radius 1 is 1.39 bits per heavy atom. The third-order valence-corrected chi connectivity index (χ3v) is 2.81. The van der Waals surface area contributed by atoms with Gasteiger partial charge in [-0.05, 0) is 38.5 Å². The predicted octanol–water partition coefficient (Wildman–Crippen LogP) is 2.59. The van der Waals surface area contributed by atoms with E-state index in [0.717, 1.165) is 11.3 Å². The molecule has 0 N–H and O–H groups in total. The number of carbonyl (C=O) groups is 1. The number of ketones is 1. The first-order valence-corrected chi connectivity index (χ1v) is 6.07. The van der Waals surface area contributed by atoms with Crippen LogP contribution in [-0.4, -0.2) is 20.5 Å². The summed E-state index contributed by atoms with van der Waals surface area (Å²) in [4.78, 5) is 16.2. The van der Waals surface area contributed by atoms with Gasteiger partial charge < -0.3 is 0 Å². The summed E-state index contributed by atoms with van der Waals surface area (Å²) in [5.74, 6) is 0.0158. The molecular weight excluding hydrogens is 226 g/mol. The normalized spacial score (nSPS) is 10.9. The molecule has 0 bridgehead atoms. The first-order chi connectivity index (χ1) is 8.58. The van der Waals surface area contributed by atoms with Crippen LogP contribution in [0, 0.1) is 6.92 Å². The molecule has 4 heteroatoms. The smallest absolute Gasteiger partial charge is 0.187 e. The van der Waals surface area contributed by atoms with Crippen molar-refractivity contribution in [2.24, 2.45) is 0 Å². The number of carbonyl (C=O) groups excluding carboxylic acids is 1. The largest absolute Gasteiger partial charge is 0.292 e. The summed E-state index contributed by atoms with van der Waals surface area (Å²) in [5.41, 5.74) is 2.24. The summed E-state index contributed by atoms with van der Waals surface area (Å²) in [6.07, 6.45) is 3.85. The first kappa shape index (κ1) is 12.5. The molecule has 2 heterocycles. The number of pyridine rings is 1. The average molecular weight is 243 g/mol. The van der Waals surface area contributed by atoms with Crippen molar-refractivity contribution < 1.29 is 4.79 Å². The molecule has 2 aromatic heterocycles. The molecule has 0 saturated heterocycles. The fourth-order valence-corrected chi connectivity index (χ4v) is 1.79. The molecule has 0 aromatic carbocycles. The monoisotopic (exact) mass is 243 g/mol. The van der Waals surface area contributed by atoms with Crippen molar-refractivity contribution in [1.29, 1.82) is 0 Å². The SMILES string of the molecule is Cc1cccnc1C(=O)Cc1ccn(C(C)C)n1. The fraction of sp³-hybridized carbons (Fsp3) is 0.357. The van der Waals surface area contributed by atoms with E-state index in [1.165, 1.54) is 0 Å². The first-order valence-electron chi connectivity index (χ1n) is 6.07. The molecule has 0 spiro atoms. The summed E-state index contributed by atoms with van der Waals surface area (Å²) in [6.45, 7) is 6.01. The lowest BCUT2D eigenvalue weighted by Gasteiger charge is -2.04. The van der Waals surface area contributed by atoms with Gasteiger partial charge in [-0.1, -0.05) is 6.07 Å². The number of hydrogen-bond donors (Lipinski definition) is 0. The standard InChI is InChI=1S/C14H17N3O/c1-10(2)17-8-6-12(16-17)9-13(18)14-11(3)5-4-7-15-14/h4-8,10H,9H2,1-3H3. The molecule has 0 atom stereocenters. The minimum absolute atomic E-state index is 0.0158. The van der Waals surface area contributed by atoms with Gasteiger partial charge in [0.15, 0.2) is 5.78 Å². The van der Waals surface area contributed by atoms with Gasteiger partial charge in [-0.3, -0.25) is 14.5 Å². The third kappa shape index (κ3) is 2.64. The molecule has 94 valence electrons. The predicted molar refractivity (Wildman–Crippen MR) is 69.6 cm³/mol. The van der Waals surface area contributed by atoms with E-state index < -0.39 is 0 Å². The summed E-state index contributed by atoms with van der Waals surface area (Å²) < 4.78 is 1.86. The molecule has 2 rings (SSSR count). The molecule has 0 fully saturated rings. The Morgan fingerprint density at radius 2 is 2.17 bits per heavy atom. The van der Waals surface area contributed by atoms with E-state index in [9.17, 15) is 4.79 Å². The van der Waals surface area contributed by atoms with E-state index in [-0.39, 0.29) is 5.78 Å². The van der Waals surface area contributed by atoms with E-state index in [4.69, 9.17) is 0 Å². The number of hydrogen-bond acceptors (Lipinski definition) is 3. The van der Waals surface area contributed by atoms with Crippen molar-refractivity contribution in [1.82, 2.24) is 14.8 Å². The Morgan fingerprint density at radius 3 is 2.78 bits per heavy atom. The molecule has 2 aromatic rings. The maximum absolute atomic E-state index is 12.1. The molecular formula is C14H17N3O. The Bertz CT molecular complexity index is 558. The lowest BCUT2D eigenvalue weighted by Crippen LogP contribution is -2.09. The van der Waals surface area contributed by atoms with Gasteiger partial charge in [0.25, 0.3) is 0 Å². The summed E-state index contributed by atoms with van der Waals surface area (Å²) in [6, 6.07) is 5.92. The molecule has 0 aliphatic carbocycles. The second-order valence-electron chi connectivity index (χ2n) is 4.65. The Balaban J connectivity index is 2.14. The summed E-state index contributed by atoms with van der Waals surface area (Å²) in [7, 11) is 0. The van der Waals surface area contributed by atoms with Crippen LogP contribution in [0.15, 0.2) is 30.6 Å². The highest BCUT2D eigenvalue weighted by Gasteiger charge is 2.13. The summed E-state index contributed by atoms with van der Waals surface area (Å²) in [5, 5.41) is 4.37. The van der Waals surface area contributed by atoms with Gasteiger partial charge in [-0.15, -0.1) is 0 Å². The minimum atomic E-state index is 0.0158. The van der Waals surface area contributed by atoms with Crippen molar-refractivity contribution >= 4 is 5.78 Å². The number of rotatable bonds is 4. The summed E-state index contributed by atoms with van der Waals surface area (Å²) >= 11 is 0. The molecule has 0 radical (unpaired) electrons. The van der Waals surface area contributed by atoms with E-state index >= 15 is 0 Å². The maximum atomic E-state index is 12.1. The lowest BCUT2D eigenvalue weighted by molar-refractivity contribution is 0.0986. The van der Waals surface area contributed by atoms with Crippen molar-refractivity contribution in [3.63, 3.8) is 0 Å². The maximum Gasteiger partial charge on any atom is 0.187 e. The van der Waals surface area contributed by atoms with E-state index in [2.05, 4.69) is 23.9 Å². The van der Waals surface area contributed by atoms with Crippen LogP contribution < -0.4 is 0 Å². The van der Waals surface area contributed by atoms with Crippen LogP contribution in [0.3, 0.4) is 0 Å². The number of aryl methyl sites for hydroxylation is 1. The highest BCUT2D eigenvalue weighted by Crippen LogP contribution is 2.10. The van der Waals surface area contributed by atoms with Gasteiger partial charge in [0.05, 0.1) is 12.1 Å². The number of nitrogens with zero attached hydrogens (tertiary/aromatic N) is 3. The van der Waals surface area contributed by atoms with Crippen LogP contribution >= 0.6 is 0 Å². The van der Waals surface area contributed by atoms with Crippen molar-refractivity contribution in [2.45, 2.75) is 33.2 Å². The van der Waals surface area contributed by atoms with Crippen molar-refractivity contribution in [3.05, 3.63) is 47.5 Å². The van der Waals surface area contributed by atoms with Crippen molar-refractivity contribution in [2.75, 3.05) is 0 Å². The number of aromatic nitrogens is 3. The van der Waals surface area contributed by atoms with Crippen LogP contribution in [0.25, 0.3) is 0 Å². The second-order valence-corrected chi connectivity index (χ2v) is 4.65. The van der Waals surface area contributed by atoms with Gasteiger partial charge in [-0.2, -0.15) is 5.10 Å². The zero-order valence-corrected chi connectivity index (χ0v) is 10.9. The van der Waals surface area contributed by atoms with Crippen LogP contribution in [0.4, 0.5) is 0 Å². The molecule has 0 saturated carbocycles. The van der Waals surface area contributed by atoms with Crippen LogP contribution in [-0.2, 0) is 6.42 Å². The number of Topliss-reactive ketones (excluding diaryl/α,β-unsaturated/α-hetero) is 1.